The van der Waals surface area contributed by atoms with Crippen LogP contribution in [0.2, 0.25) is 0 Å². The summed E-state index contributed by atoms with van der Waals surface area (Å²) in [4.78, 5) is 11.0. The summed E-state index contributed by atoms with van der Waals surface area (Å²) in [7, 11) is 0. The maximum Gasteiger partial charge on any atom is -1.00 e. The van der Waals surface area contributed by atoms with Crippen molar-refractivity contribution < 1.29 is 52.5 Å². The Kier molecular flexibility index (Phi) is 8.28. The molecule has 0 aromatic carbocycles. The van der Waals surface area contributed by atoms with Crippen LogP contribution < -0.4 is 24.8 Å². The van der Waals surface area contributed by atoms with Gasteiger partial charge in [-0.25, -0.2) is 0 Å². The average Bonchev–Trinajstić information content (AvgIpc) is 2.38. The van der Waals surface area contributed by atoms with Crippen molar-refractivity contribution in [3.05, 3.63) is 20.6 Å². The van der Waals surface area contributed by atoms with Crippen molar-refractivity contribution in [2.75, 3.05) is 0 Å². The standard InChI is InChI=1S/C10H15.C3H2O2.2ClH.Ti/c1-7-6-10(4,5)9(3)8(7)2;1-2-3(4)5;;;/h1-5H3;1H,(H,4,5);2*1H;/q;;;;+3/p-3. The SMILES string of the molecule is C#CC(=O)[O][Ti+2][C]1=C(C)C(C)=C(C)C1(C)C.[Cl-].[Cl-]. The van der Waals surface area contributed by atoms with Crippen molar-refractivity contribution in [1.82, 2.24) is 0 Å². The van der Waals surface area contributed by atoms with Crippen LogP contribution in [0.15, 0.2) is 20.6 Å². The molecule has 0 bridgehead atoms. The molecule has 0 aromatic rings. The fraction of sp³-hybridized carbons (Fsp3) is 0.462. The molecule has 1 aliphatic rings. The van der Waals surface area contributed by atoms with Crippen molar-refractivity contribution in [1.29, 1.82) is 0 Å². The number of rotatable bonds is 2. The van der Waals surface area contributed by atoms with Gasteiger partial charge < -0.3 is 24.8 Å². The van der Waals surface area contributed by atoms with Gasteiger partial charge in [-0.2, -0.15) is 0 Å². The molecule has 2 nitrogen and oxygen atoms in total. The van der Waals surface area contributed by atoms with Gasteiger partial charge >= 0.3 is 107 Å². The van der Waals surface area contributed by atoms with E-state index in [1.807, 2.05) is 5.92 Å². The third-order valence-electron chi connectivity index (χ3n) is 3.43. The van der Waals surface area contributed by atoms with Crippen LogP contribution in [0.5, 0.6) is 0 Å². The summed E-state index contributed by atoms with van der Waals surface area (Å²) in [5, 5.41) is 0. The van der Waals surface area contributed by atoms with Crippen LogP contribution in [-0.4, -0.2) is 5.97 Å². The summed E-state index contributed by atoms with van der Waals surface area (Å²) >= 11 is -0.907. The van der Waals surface area contributed by atoms with Gasteiger partial charge in [0, 0.05) is 0 Å². The van der Waals surface area contributed by atoms with Crippen LogP contribution in [-0.2, 0) is 27.7 Å². The molecule has 1 aliphatic carbocycles. The Hall–Kier alpha value is -0.196. The van der Waals surface area contributed by atoms with Gasteiger partial charge in [0.2, 0.25) is 0 Å². The largest absolute Gasteiger partial charge is 1.00 e. The first-order valence-corrected chi connectivity index (χ1v) is 6.57. The summed E-state index contributed by atoms with van der Waals surface area (Å²) in [6, 6.07) is 0. The molecular weight excluding hydrogens is 307 g/mol. The van der Waals surface area contributed by atoms with Crippen molar-refractivity contribution >= 4 is 5.97 Å². The van der Waals surface area contributed by atoms with E-state index in [0.717, 1.165) is 0 Å². The first-order valence-electron chi connectivity index (χ1n) is 5.15. The number of halogens is 2. The number of carbonyl (C=O) groups is 1. The summed E-state index contributed by atoms with van der Waals surface area (Å²) in [6.45, 7) is 10.7. The van der Waals surface area contributed by atoms with Gasteiger partial charge in [0.25, 0.3) is 0 Å². The van der Waals surface area contributed by atoms with Crippen LogP contribution in [0.3, 0.4) is 0 Å². The predicted octanol–water partition coefficient (Wildman–Crippen LogP) is -3.18. The third kappa shape index (κ3) is 3.65. The average molecular weight is 323 g/mol. The van der Waals surface area contributed by atoms with Crippen molar-refractivity contribution in [3.8, 4) is 12.3 Å². The van der Waals surface area contributed by atoms with Crippen molar-refractivity contribution in [2.45, 2.75) is 34.6 Å². The maximum absolute atomic E-state index is 11.0. The van der Waals surface area contributed by atoms with E-state index in [0.29, 0.717) is 0 Å². The van der Waals surface area contributed by atoms with Gasteiger partial charge in [0.05, 0.1) is 0 Å². The second-order valence-electron chi connectivity index (χ2n) is 4.51. The summed E-state index contributed by atoms with van der Waals surface area (Å²) < 4.78 is 6.41. The normalized spacial score (nSPS) is 16.2. The number of terminal acetylenes is 1. The zero-order chi connectivity index (χ0) is 12.5. The topological polar surface area (TPSA) is 26.3 Å². The minimum absolute atomic E-state index is 0. The Labute approximate surface area is 131 Å². The number of allylic oxidation sites excluding steroid dienone is 4. The second kappa shape index (κ2) is 7.41. The molecule has 0 atom stereocenters. The molecule has 5 heteroatoms. The monoisotopic (exact) mass is 322 g/mol. The fourth-order valence-corrected chi connectivity index (χ4v) is 3.54. The Bertz CT molecular complexity index is 442. The molecule has 0 spiro atoms. The van der Waals surface area contributed by atoms with E-state index in [2.05, 4.69) is 34.6 Å². The van der Waals surface area contributed by atoms with Gasteiger partial charge in [0.1, 0.15) is 0 Å². The molecule has 0 saturated heterocycles. The molecular formula is C13H16Cl2O2Ti. The van der Waals surface area contributed by atoms with Gasteiger partial charge in [-0.05, 0) is 0 Å². The Morgan fingerprint density at radius 3 is 2.06 bits per heavy atom. The summed E-state index contributed by atoms with van der Waals surface area (Å²) in [5.74, 6) is 1.44. The third-order valence-corrected chi connectivity index (χ3v) is 5.76. The summed E-state index contributed by atoms with van der Waals surface area (Å²) in [6.07, 6.45) is 4.98. The molecule has 18 heavy (non-hydrogen) atoms. The van der Waals surface area contributed by atoms with Crippen LogP contribution in [0, 0.1) is 17.8 Å². The first-order chi connectivity index (χ1) is 7.32. The van der Waals surface area contributed by atoms with E-state index in [-0.39, 0.29) is 30.2 Å². The van der Waals surface area contributed by atoms with E-state index >= 15 is 0 Å². The Morgan fingerprint density at radius 2 is 1.72 bits per heavy atom. The molecule has 0 unspecified atom stereocenters. The molecule has 0 heterocycles. The maximum atomic E-state index is 11.0. The zero-order valence-electron chi connectivity index (χ0n) is 11.1. The minimum atomic E-state index is -0.907. The zero-order valence-corrected chi connectivity index (χ0v) is 14.2. The molecule has 0 aliphatic heterocycles. The van der Waals surface area contributed by atoms with E-state index in [9.17, 15) is 4.79 Å². The van der Waals surface area contributed by atoms with Gasteiger partial charge in [-0.15, -0.1) is 0 Å². The van der Waals surface area contributed by atoms with Crippen LogP contribution in [0.1, 0.15) is 34.6 Å². The van der Waals surface area contributed by atoms with Gasteiger partial charge in [-0.1, -0.05) is 0 Å². The fourth-order valence-electron chi connectivity index (χ4n) is 1.92. The Balaban J connectivity index is 0. The number of carbonyl (C=O) groups excluding carboxylic acids is 1. The molecule has 0 aromatic heterocycles. The molecule has 1 rings (SSSR count). The first kappa shape index (κ1) is 20.1. The minimum Gasteiger partial charge on any atom is -1.00 e. The van der Waals surface area contributed by atoms with Crippen LogP contribution in [0.4, 0.5) is 0 Å². The van der Waals surface area contributed by atoms with Crippen LogP contribution >= 0.6 is 0 Å². The molecule has 0 N–H and O–H groups in total. The second-order valence-corrected chi connectivity index (χ2v) is 5.93. The molecule has 0 radical (unpaired) electrons. The van der Waals surface area contributed by atoms with E-state index in [4.69, 9.17) is 9.74 Å². The molecule has 98 valence electrons. The number of hydrogen-bond donors (Lipinski definition) is 0. The van der Waals surface area contributed by atoms with Gasteiger partial charge in [-0.3, -0.25) is 0 Å². The van der Waals surface area contributed by atoms with E-state index in [1.165, 1.54) is 20.6 Å². The molecule has 0 fully saturated rings. The summed E-state index contributed by atoms with van der Waals surface area (Å²) in [5.41, 5.74) is 3.97. The predicted molar refractivity (Wildman–Crippen MR) is 59.8 cm³/mol. The van der Waals surface area contributed by atoms with Crippen molar-refractivity contribution in [2.24, 2.45) is 5.41 Å². The molecule has 0 amide bonds. The quantitative estimate of drug-likeness (QED) is 0.396. The molecule has 0 saturated carbocycles. The smallest absolute Gasteiger partial charge is 1.00 e. The number of hydrogen-bond acceptors (Lipinski definition) is 2. The van der Waals surface area contributed by atoms with Crippen LogP contribution in [0.25, 0.3) is 0 Å². The van der Waals surface area contributed by atoms with E-state index in [1.54, 1.807) is 0 Å². The van der Waals surface area contributed by atoms with E-state index < -0.39 is 25.5 Å². The van der Waals surface area contributed by atoms with Gasteiger partial charge in [0.15, 0.2) is 0 Å². The Morgan fingerprint density at radius 1 is 1.22 bits per heavy atom. The van der Waals surface area contributed by atoms with Crippen molar-refractivity contribution in [3.63, 3.8) is 0 Å².